The number of nitrogens with zero attached hydrogens (tertiary/aromatic N) is 3. The zero-order chi connectivity index (χ0) is 22.4. The van der Waals surface area contributed by atoms with Gasteiger partial charge in [0.25, 0.3) is 5.91 Å². The summed E-state index contributed by atoms with van der Waals surface area (Å²) in [5.41, 5.74) is 2.02. The molecule has 1 heterocycles. The Kier molecular flexibility index (Phi) is 6.61. The fourth-order valence-electron chi connectivity index (χ4n) is 2.73. The van der Waals surface area contributed by atoms with Crippen molar-refractivity contribution in [2.45, 2.75) is 13.5 Å². The van der Waals surface area contributed by atoms with Crippen molar-refractivity contribution in [1.82, 2.24) is 15.0 Å². The van der Waals surface area contributed by atoms with Gasteiger partial charge in [0.15, 0.2) is 5.69 Å². The SMILES string of the molecule is COC(=O)c1ccc(NC(=O)Cn2nnc(C(=O)Nc3ccc(OC)cc3)c2C)cc1. The Hall–Kier alpha value is -4.21. The van der Waals surface area contributed by atoms with Crippen LogP contribution in [0.25, 0.3) is 0 Å². The van der Waals surface area contributed by atoms with E-state index in [-0.39, 0.29) is 18.1 Å². The first kappa shape index (κ1) is 21.5. The van der Waals surface area contributed by atoms with Crippen LogP contribution in [0.4, 0.5) is 11.4 Å². The Bertz CT molecular complexity index is 1090. The average Bonchev–Trinajstić information content (AvgIpc) is 3.14. The molecule has 0 aliphatic heterocycles. The van der Waals surface area contributed by atoms with Gasteiger partial charge in [-0.2, -0.15) is 0 Å². The van der Waals surface area contributed by atoms with Crippen LogP contribution in [-0.4, -0.2) is 47.0 Å². The van der Waals surface area contributed by atoms with Crippen molar-refractivity contribution in [3.63, 3.8) is 0 Å². The summed E-state index contributed by atoms with van der Waals surface area (Å²) in [6, 6.07) is 13.1. The largest absolute Gasteiger partial charge is 0.497 e. The molecule has 0 radical (unpaired) electrons. The summed E-state index contributed by atoms with van der Waals surface area (Å²) >= 11 is 0. The molecule has 0 saturated heterocycles. The molecule has 0 fully saturated rings. The van der Waals surface area contributed by atoms with Crippen LogP contribution < -0.4 is 15.4 Å². The van der Waals surface area contributed by atoms with Crippen LogP contribution in [0, 0.1) is 6.92 Å². The Morgan fingerprint density at radius 1 is 0.935 bits per heavy atom. The molecule has 0 aliphatic rings. The molecular weight excluding hydrogens is 402 g/mol. The number of aromatic nitrogens is 3. The van der Waals surface area contributed by atoms with E-state index >= 15 is 0 Å². The van der Waals surface area contributed by atoms with Crippen molar-refractivity contribution in [3.8, 4) is 5.75 Å². The summed E-state index contributed by atoms with van der Waals surface area (Å²) in [4.78, 5) is 36.3. The molecule has 2 N–H and O–H groups in total. The number of esters is 1. The van der Waals surface area contributed by atoms with E-state index in [1.54, 1.807) is 62.6 Å². The quantitative estimate of drug-likeness (QED) is 0.559. The van der Waals surface area contributed by atoms with Crippen molar-refractivity contribution in [2.24, 2.45) is 0 Å². The lowest BCUT2D eigenvalue weighted by atomic mass is 10.2. The summed E-state index contributed by atoms with van der Waals surface area (Å²) in [5, 5.41) is 13.2. The second-order valence-corrected chi connectivity index (χ2v) is 6.48. The first-order chi connectivity index (χ1) is 14.9. The van der Waals surface area contributed by atoms with Gasteiger partial charge in [-0.15, -0.1) is 5.10 Å². The monoisotopic (exact) mass is 423 g/mol. The van der Waals surface area contributed by atoms with E-state index in [2.05, 4.69) is 25.7 Å². The van der Waals surface area contributed by atoms with Crippen molar-refractivity contribution in [1.29, 1.82) is 0 Å². The Morgan fingerprint density at radius 2 is 1.55 bits per heavy atom. The highest BCUT2D eigenvalue weighted by Crippen LogP contribution is 2.16. The minimum atomic E-state index is -0.462. The zero-order valence-corrected chi connectivity index (χ0v) is 17.2. The van der Waals surface area contributed by atoms with Crippen LogP contribution in [0.15, 0.2) is 48.5 Å². The molecule has 0 aliphatic carbocycles. The van der Waals surface area contributed by atoms with Crippen molar-refractivity contribution in [2.75, 3.05) is 24.9 Å². The van der Waals surface area contributed by atoms with Gasteiger partial charge in [0.05, 0.1) is 25.5 Å². The van der Waals surface area contributed by atoms with Gasteiger partial charge in [-0.3, -0.25) is 9.59 Å². The number of methoxy groups -OCH3 is 2. The number of ether oxygens (including phenoxy) is 2. The third kappa shape index (κ3) is 5.24. The first-order valence-electron chi connectivity index (χ1n) is 9.25. The number of anilines is 2. The number of amides is 2. The lowest BCUT2D eigenvalue weighted by molar-refractivity contribution is -0.117. The minimum absolute atomic E-state index is 0.117. The Balaban J connectivity index is 1.61. The summed E-state index contributed by atoms with van der Waals surface area (Å²) < 4.78 is 11.1. The van der Waals surface area contributed by atoms with Gasteiger partial charge in [-0.1, -0.05) is 5.21 Å². The molecule has 31 heavy (non-hydrogen) atoms. The van der Waals surface area contributed by atoms with E-state index in [1.807, 2.05) is 0 Å². The predicted molar refractivity (Wildman–Crippen MR) is 112 cm³/mol. The van der Waals surface area contributed by atoms with Gasteiger partial charge >= 0.3 is 5.97 Å². The van der Waals surface area contributed by atoms with Gasteiger partial charge in [0.2, 0.25) is 5.91 Å². The van der Waals surface area contributed by atoms with Crippen molar-refractivity contribution in [3.05, 3.63) is 65.5 Å². The van der Waals surface area contributed by atoms with Gasteiger partial charge in [0.1, 0.15) is 12.3 Å². The maximum atomic E-state index is 12.5. The molecule has 1 aromatic heterocycles. The minimum Gasteiger partial charge on any atom is -0.497 e. The summed E-state index contributed by atoms with van der Waals surface area (Å²) in [7, 11) is 2.85. The number of hydrogen-bond acceptors (Lipinski definition) is 7. The third-order valence-electron chi connectivity index (χ3n) is 4.43. The van der Waals surface area contributed by atoms with Crippen LogP contribution in [0.1, 0.15) is 26.5 Å². The third-order valence-corrected chi connectivity index (χ3v) is 4.43. The van der Waals surface area contributed by atoms with Crippen LogP contribution in [-0.2, 0) is 16.1 Å². The molecule has 3 aromatic rings. The molecule has 0 atom stereocenters. The first-order valence-corrected chi connectivity index (χ1v) is 9.25. The molecule has 2 amide bonds. The maximum Gasteiger partial charge on any atom is 0.337 e. The predicted octanol–water partition coefficient (Wildman–Crippen LogP) is 2.27. The van der Waals surface area contributed by atoms with Gasteiger partial charge in [0, 0.05) is 11.4 Å². The van der Waals surface area contributed by atoms with E-state index in [9.17, 15) is 14.4 Å². The number of rotatable bonds is 7. The van der Waals surface area contributed by atoms with Crippen molar-refractivity contribution < 1.29 is 23.9 Å². The second kappa shape index (κ2) is 9.53. The van der Waals surface area contributed by atoms with Gasteiger partial charge in [-0.05, 0) is 55.5 Å². The smallest absolute Gasteiger partial charge is 0.337 e. The van der Waals surface area contributed by atoms with E-state index in [0.29, 0.717) is 28.4 Å². The number of carbonyl (C=O) groups excluding carboxylic acids is 3. The highest BCUT2D eigenvalue weighted by atomic mass is 16.5. The molecule has 3 rings (SSSR count). The van der Waals surface area contributed by atoms with Gasteiger partial charge in [-0.25, -0.2) is 9.48 Å². The number of benzene rings is 2. The van der Waals surface area contributed by atoms with E-state index in [0.717, 1.165) is 0 Å². The molecule has 10 nitrogen and oxygen atoms in total. The van der Waals surface area contributed by atoms with Crippen LogP contribution in [0.3, 0.4) is 0 Å². The highest BCUT2D eigenvalue weighted by Gasteiger charge is 2.18. The summed E-state index contributed by atoms with van der Waals surface area (Å²) in [6.45, 7) is 1.52. The van der Waals surface area contributed by atoms with E-state index < -0.39 is 11.9 Å². The maximum absolute atomic E-state index is 12.5. The Labute approximate surface area is 178 Å². The average molecular weight is 423 g/mol. The van der Waals surface area contributed by atoms with Crippen LogP contribution in [0.5, 0.6) is 5.75 Å². The van der Waals surface area contributed by atoms with Gasteiger partial charge < -0.3 is 20.1 Å². The number of nitrogens with one attached hydrogen (secondary N) is 2. The molecule has 0 bridgehead atoms. The standard InChI is InChI=1S/C21H21N5O5/c1-13-19(20(28)23-16-8-10-17(30-2)11-9-16)24-25-26(13)12-18(27)22-15-6-4-14(5-7-15)21(29)31-3/h4-11H,12H2,1-3H3,(H,22,27)(H,23,28). The normalized spacial score (nSPS) is 10.3. The molecule has 2 aromatic carbocycles. The molecular formula is C21H21N5O5. The number of carbonyl (C=O) groups is 3. The second-order valence-electron chi connectivity index (χ2n) is 6.48. The van der Waals surface area contributed by atoms with Crippen LogP contribution in [0.2, 0.25) is 0 Å². The molecule has 0 unspecified atom stereocenters. The zero-order valence-electron chi connectivity index (χ0n) is 17.2. The highest BCUT2D eigenvalue weighted by molar-refractivity contribution is 6.03. The van der Waals surface area contributed by atoms with E-state index in [4.69, 9.17) is 4.74 Å². The molecule has 160 valence electrons. The summed E-state index contributed by atoms with van der Waals surface area (Å²) in [5.74, 6) is -0.587. The molecule has 10 heteroatoms. The number of hydrogen-bond donors (Lipinski definition) is 2. The lowest BCUT2D eigenvalue weighted by Gasteiger charge is -2.07. The van der Waals surface area contributed by atoms with Crippen LogP contribution >= 0.6 is 0 Å². The summed E-state index contributed by atoms with van der Waals surface area (Å²) in [6.07, 6.45) is 0. The molecule has 0 spiro atoms. The molecule has 0 saturated carbocycles. The van der Waals surface area contributed by atoms with E-state index in [1.165, 1.54) is 11.8 Å². The lowest BCUT2D eigenvalue weighted by Crippen LogP contribution is -2.21. The fraction of sp³-hybridized carbons (Fsp3) is 0.190. The van der Waals surface area contributed by atoms with Crippen molar-refractivity contribution >= 4 is 29.2 Å². The Morgan fingerprint density at radius 3 is 2.16 bits per heavy atom. The fourth-order valence-corrected chi connectivity index (χ4v) is 2.73. The topological polar surface area (TPSA) is 124 Å².